The van der Waals surface area contributed by atoms with E-state index in [0.717, 1.165) is 22.9 Å². The lowest BCUT2D eigenvalue weighted by Crippen LogP contribution is -2.15. The first kappa shape index (κ1) is 13.6. The van der Waals surface area contributed by atoms with Crippen LogP contribution in [0.3, 0.4) is 0 Å². The number of fused-ring (bicyclic) bond motifs is 1. The Morgan fingerprint density at radius 3 is 2.37 bits per heavy atom. The van der Waals surface area contributed by atoms with Crippen LogP contribution >= 0.6 is 0 Å². The van der Waals surface area contributed by atoms with E-state index in [1.54, 1.807) is 0 Å². The van der Waals surface area contributed by atoms with Crippen molar-refractivity contribution in [2.45, 2.75) is 13.5 Å². The van der Waals surface area contributed by atoms with Gasteiger partial charge in [0.05, 0.1) is 12.2 Å². The van der Waals surface area contributed by atoms with Gasteiger partial charge >= 0.3 is 5.97 Å². The van der Waals surface area contributed by atoms with E-state index in [1.807, 2.05) is 50.2 Å². The molecule has 0 atom stereocenters. The van der Waals surface area contributed by atoms with Crippen molar-refractivity contribution in [1.82, 2.24) is 4.90 Å². The van der Waals surface area contributed by atoms with Crippen molar-refractivity contribution in [3.8, 4) is 0 Å². The van der Waals surface area contributed by atoms with Crippen LogP contribution < -0.4 is 0 Å². The molecule has 0 unspecified atom stereocenters. The molecule has 3 heteroatoms. The molecule has 0 radical (unpaired) electrons. The number of ether oxygens (including phenoxy) is 1. The normalized spacial score (nSPS) is 10.9. The maximum atomic E-state index is 12.0. The Morgan fingerprint density at radius 1 is 1.16 bits per heavy atom. The maximum absolute atomic E-state index is 12.0. The smallest absolute Gasteiger partial charge is 0.338 e. The van der Waals surface area contributed by atoms with E-state index in [0.29, 0.717) is 12.2 Å². The van der Waals surface area contributed by atoms with Gasteiger partial charge in [-0.25, -0.2) is 4.79 Å². The van der Waals surface area contributed by atoms with Crippen LogP contribution in [-0.4, -0.2) is 31.6 Å². The maximum Gasteiger partial charge on any atom is 0.338 e. The average Bonchev–Trinajstić information content (AvgIpc) is 2.37. The number of esters is 1. The number of benzene rings is 2. The third-order valence-electron chi connectivity index (χ3n) is 2.95. The molecule has 2 aromatic rings. The summed E-state index contributed by atoms with van der Waals surface area (Å²) in [4.78, 5) is 14.1. The van der Waals surface area contributed by atoms with Gasteiger partial charge in [0.15, 0.2) is 0 Å². The predicted octanol–water partition coefficient (Wildman–Crippen LogP) is 3.08. The zero-order chi connectivity index (χ0) is 13.8. The fourth-order valence-corrected chi connectivity index (χ4v) is 2.16. The number of carbonyl (C=O) groups is 1. The summed E-state index contributed by atoms with van der Waals surface area (Å²) in [6.45, 7) is 2.94. The van der Waals surface area contributed by atoms with Gasteiger partial charge in [0, 0.05) is 6.54 Å². The summed E-state index contributed by atoms with van der Waals surface area (Å²) in [5.74, 6) is -0.245. The Labute approximate surface area is 113 Å². The Balaban J connectivity index is 2.53. The molecule has 0 fully saturated rings. The molecule has 0 aliphatic carbocycles. The van der Waals surface area contributed by atoms with Crippen LogP contribution in [0.1, 0.15) is 22.8 Å². The van der Waals surface area contributed by atoms with Crippen LogP contribution in [0.2, 0.25) is 0 Å². The zero-order valence-electron chi connectivity index (χ0n) is 11.6. The molecule has 3 nitrogen and oxygen atoms in total. The molecule has 0 saturated heterocycles. The average molecular weight is 257 g/mol. The first-order valence-electron chi connectivity index (χ1n) is 6.45. The molecule has 0 amide bonds. The van der Waals surface area contributed by atoms with Crippen LogP contribution in [-0.2, 0) is 11.3 Å². The lowest BCUT2D eigenvalue weighted by molar-refractivity contribution is 0.0524. The molecule has 0 aliphatic rings. The summed E-state index contributed by atoms with van der Waals surface area (Å²) in [6.07, 6.45) is 0. The van der Waals surface area contributed by atoms with Crippen molar-refractivity contribution in [2.75, 3.05) is 20.7 Å². The second kappa shape index (κ2) is 5.85. The fraction of sp³-hybridized carbons (Fsp3) is 0.312. The number of hydrogen-bond donors (Lipinski definition) is 0. The van der Waals surface area contributed by atoms with Crippen LogP contribution in [0.15, 0.2) is 36.4 Å². The number of hydrogen-bond acceptors (Lipinski definition) is 3. The van der Waals surface area contributed by atoms with Crippen LogP contribution in [0, 0.1) is 0 Å². The molecule has 0 spiro atoms. The standard InChI is InChI=1S/C16H19NO2/c1-4-19-16(18)15-10-13-8-6-5-7-12(13)9-14(15)11-17(2)3/h5-10H,4,11H2,1-3H3. The minimum Gasteiger partial charge on any atom is -0.462 e. The molecule has 2 rings (SSSR count). The van der Waals surface area contributed by atoms with E-state index in [9.17, 15) is 4.79 Å². The van der Waals surface area contributed by atoms with E-state index in [-0.39, 0.29) is 5.97 Å². The summed E-state index contributed by atoms with van der Waals surface area (Å²) in [7, 11) is 3.98. The molecule has 100 valence electrons. The Kier molecular flexibility index (Phi) is 4.17. The fourth-order valence-electron chi connectivity index (χ4n) is 2.16. The van der Waals surface area contributed by atoms with E-state index < -0.39 is 0 Å². The number of nitrogens with zero attached hydrogens (tertiary/aromatic N) is 1. The van der Waals surface area contributed by atoms with Crippen molar-refractivity contribution < 1.29 is 9.53 Å². The van der Waals surface area contributed by atoms with E-state index in [2.05, 4.69) is 12.1 Å². The van der Waals surface area contributed by atoms with Crippen LogP contribution in [0.4, 0.5) is 0 Å². The summed E-state index contributed by atoms with van der Waals surface area (Å²) in [5, 5.41) is 2.21. The highest BCUT2D eigenvalue weighted by Crippen LogP contribution is 2.22. The largest absolute Gasteiger partial charge is 0.462 e. The lowest BCUT2D eigenvalue weighted by atomic mass is 10.0. The second-order valence-electron chi connectivity index (χ2n) is 4.81. The van der Waals surface area contributed by atoms with E-state index >= 15 is 0 Å². The van der Waals surface area contributed by atoms with Crippen LogP contribution in [0.5, 0.6) is 0 Å². The van der Waals surface area contributed by atoms with Gasteiger partial charge < -0.3 is 9.64 Å². The molecule has 0 bridgehead atoms. The van der Waals surface area contributed by atoms with Crippen molar-refractivity contribution in [3.63, 3.8) is 0 Å². The topological polar surface area (TPSA) is 29.5 Å². The number of carbonyl (C=O) groups excluding carboxylic acids is 1. The van der Waals surface area contributed by atoms with Crippen molar-refractivity contribution in [3.05, 3.63) is 47.5 Å². The van der Waals surface area contributed by atoms with Crippen LogP contribution in [0.25, 0.3) is 10.8 Å². The monoisotopic (exact) mass is 257 g/mol. The van der Waals surface area contributed by atoms with Gasteiger partial charge in [-0.2, -0.15) is 0 Å². The van der Waals surface area contributed by atoms with Crippen molar-refractivity contribution >= 4 is 16.7 Å². The van der Waals surface area contributed by atoms with E-state index in [1.165, 1.54) is 0 Å². The van der Waals surface area contributed by atoms with Gasteiger partial charge in [0.1, 0.15) is 0 Å². The van der Waals surface area contributed by atoms with Gasteiger partial charge in [-0.05, 0) is 49.5 Å². The SMILES string of the molecule is CCOC(=O)c1cc2ccccc2cc1CN(C)C. The highest BCUT2D eigenvalue weighted by Gasteiger charge is 2.14. The third-order valence-corrected chi connectivity index (χ3v) is 2.95. The Bertz CT molecular complexity index is 590. The zero-order valence-corrected chi connectivity index (χ0v) is 11.6. The van der Waals surface area contributed by atoms with Gasteiger partial charge in [-0.3, -0.25) is 0 Å². The van der Waals surface area contributed by atoms with Crippen molar-refractivity contribution in [1.29, 1.82) is 0 Å². The third kappa shape index (κ3) is 3.12. The summed E-state index contributed by atoms with van der Waals surface area (Å²) < 4.78 is 5.14. The van der Waals surface area contributed by atoms with Gasteiger partial charge in [0.2, 0.25) is 0 Å². The first-order chi connectivity index (χ1) is 9.11. The van der Waals surface area contributed by atoms with Gasteiger partial charge in [-0.15, -0.1) is 0 Å². The minimum absolute atomic E-state index is 0.245. The first-order valence-corrected chi connectivity index (χ1v) is 6.45. The molecule has 0 aliphatic heterocycles. The highest BCUT2D eigenvalue weighted by atomic mass is 16.5. The van der Waals surface area contributed by atoms with Crippen molar-refractivity contribution in [2.24, 2.45) is 0 Å². The number of rotatable bonds is 4. The molecular weight excluding hydrogens is 238 g/mol. The predicted molar refractivity (Wildman–Crippen MR) is 77.3 cm³/mol. The highest BCUT2D eigenvalue weighted by molar-refractivity contribution is 5.97. The summed E-state index contributed by atoms with van der Waals surface area (Å²) >= 11 is 0. The molecule has 19 heavy (non-hydrogen) atoms. The minimum atomic E-state index is -0.245. The lowest BCUT2D eigenvalue weighted by Gasteiger charge is -2.14. The molecular formula is C16H19NO2. The van der Waals surface area contributed by atoms with Gasteiger partial charge in [-0.1, -0.05) is 24.3 Å². The molecule has 2 aromatic carbocycles. The second-order valence-corrected chi connectivity index (χ2v) is 4.81. The molecule has 0 heterocycles. The quantitative estimate of drug-likeness (QED) is 0.788. The Morgan fingerprint density at radius 2 is 1.79 bits per heavy atom. The molecule has 0 saturated carbocycles. The Hall–Kier alpha value is -1.87. The van der Waals surface area contributed by atoms with Gasteiger partial charge in [0.25, 0.3) is 0 Å². The molecule has 0 aromatic heterocycles. The molecule has 0 N–H and O–H groups in total. The summed E-state index contributed by atoms with van der Waals surface area (Å²) in [5.41, 5.74) is 1.66. The summed E-state index contributed by atoms with van der Waals surface area (Å²) in [6, 6.07) is 12.0. The van der Waals surface area contributed by atoms with E-state index in [4.69, 9.17) is 4.74 Å².